The molecule has 2 N–H and O–H groups in total. The fourth-order valence-electron chi connectivity index (χ4n) is 1.80. The second kappa shape index (κ2) is 7.16. The first-order chi connectivity index (χ1) is 10.6. The summed E-state index contributed by atoms with van der Waals surface area (Å²) < 4.78 is 0. The quantitative estimate of drug-likeness (QED) is 0.629. The van der Waals surface area contributed by atoms with E-state index >= 15 is 0 Å². The third-order valence-corrected chi connectivity index (χ3v) is 3.03. The molecule has 114 valence electrons. The fraction of sp³-hybridized carbons (Fsp3) is 0.200. The van der Waals surface area contributed by atoms with Crippen molar-refractivity contribution < 1.29 is 9.72 Å². The van der Waals surface area contributed by atoms with Gasteiger partial charge in [-0.2, -0.15) is 0 Å². The summed E-state index contributed by atoms with van der Waals surface area (Å²) >= 11 is 0. The Bertz CT molecular complexity index is 644. The number of nitrogens with one attached hydrogen (secondary N) is 2. The molecule has 7 nitrogen and oxygen atoms in total. The van der Waals surface area contributed by atoms with Crippen LogP contribution in [0.2, 0.25) is 0 Å². The molecule has 0 bridgehead atoms. The summed E-state index contributed by atoms with van der Waals surface area (Å²) in [6.07, 6.45) is 1.15. The molecule has 0 spiro atoms. The molecule has 1 aromatic carbocycles. The van der Waals surface area contributed by atoms with Crippen LogP contribution < -0.4 is 10.6 Å². The highest BCUT2D eigenvalue weighted by molar-refractivity contribution is 5.83. The van der Waals surface area contributed by atoms with Gasteiger partial charge in [-0.1, -0.05) is 30.3 Å². The van der Waals surface area contributed by atoms with E-state index in [1.54, 1.807) is 6.92 Å². The number of amides is 1. The molecule has 0 aliphatic carbocycles. The Hall–Kier alpha value is -2.96. The number of nitro groups is 1. The number of hydrogen-bond acceptors (Lipinski definition) is 5. The maximum atomic E-state index is 12.0. The standard InChI is InChI=1S/C15H16N4O3/c1-11(15(20)17-9-12-5-3-2-4-6-12)18-14-8-7-13(10-16-14)19(21)22/h2-8,10-11H,9H2,1H3,(H,16,18)(H,17,20). The van der Waals surface area contributed by atoms with Crippen molar-refractivity contribution in [1.29, 1.82) is 0 Å². The molecule has 0 fully saturated rings. The lowest BCUT2D eigenvalue weighted by Crippen LogP contribution is -2.37. The highest BCUT2D eigenvalue weighted by Gasteiger charge is 2.13. The minimum absolute atomic E-state index is 0.0910. The van der Waals surface area contributed by atoms with Crippen molar-refractivity contribution in [1.82, 2.24) is 10.3 Å². The largest absolute Gasteiger partial charge is 0.359 e. The first kappa shape index (κ1) is 15.4. The zero-order valence-electron chi connectivity index (χ0n) is 12.0. The monoisotopic (exact) mass is 300 g/mol. The Balaban J connectivity index is 1.86. The summed E-state index contributed by atoms with van der Waals surface area (Å²) in [6.45, 7) is 2.14. The lowest BCUT2D eigenvalue weighted by atomic mass is 10.2. The van der Waals surface area contributed by atoms with Gasteiger partial charge < -0.3 is 10.6 Å². The maximum absolute atomic E-state index is 12.0. The van der Waals surface area contributed by atoms with Crippen LogP contribution in [-0.4, -0.2) is 21.9 Å². The SMILES string of the molecule is CC(Nc1ccc([N+](=O)[O-])cn1)C(=O)NCc1ccccc1. The topological polar surface area (TPSA) is 97.2 Å². The van der Waals surface area contributed by atoms with Gasteiger partial charge in [0, 0.05) is 12.6 Å². The molecule has 1 unspecified atom stereocenters. The van der Waals surface area contributed by atoms with Gasteiger partial charge in [-0.25, -0.2) is 4.98 Å². The number of pyridine rings is 1. The smallest absolute Gasteiger partial charge is 0.287 e. The molecule has 1 amide bonds. The van der Waals surface area contributed by atoms with Gasteiger partial charge in [-0.15, -0.1) is 0 Å². The lowest BCUT2D eigenvalue weighted by Gasteiger charge is -2.14. The van der Waals surface area contributed by atoms with E-state index in [4.69, 9.17) is 0 Å². The van der Waals surface area contributed by atoms with Gasteiger partial charge in [0.15, 0.2) is 0 Å². The summed E-state index contributed by atoms with van der Waals surface area (Å²) in [5.74, 6) is 0.233. The third kappa shape index (κ3) is 4.27. The van der Waals surface area contributed by atoms with Crippen molar-refractivity contribution in [2.45, 2.75) is 19.5 Å². The average Bonchev–Trinajstić information content (AvgIpc) is 2.54. The number of carbonyl (C=O) groups is 1. The molecule has 1 heterocycles. The van der Waals surface area contributed by atoms with E-state index in [0.717, 1.165) is 11.8 Å². The predicted octanol–water partition coefficient (Wildman–Crippen LogP) is 2.11. The van der Waals surface area contributed by atoms with Crippen molar-refractivity contribution in [3.63, 3.8) is 0 Å². The van der Waals surface area contributed by atoms with Crippen LogP contribution in [0.5, 0.6) is 0 Å². The summed E-state index contributed by atoms with van der Waals surface area (Å²) in [7, 11) is 0. The van der Waals surface area contributed by atoms with Gasteiger partial charge in [0.05, 0.1) is 4.92 Å². The molecule has 0 saturated carbocycles. The van der Waals surface area contributed by atoms with E-state index < -0.39 is 11.0 Å². The Morgan fingerprint density at radius 3 is 2.59 bits per heavy atom. The van der Waals surface area contributed by atoms with Gasteiger partial charge in [-0.3, -0.25) is 14.9 Å². The first-order valence-electron chi connectivity index (χ1n) is 6.75. The number of hydrogen-bond donors (Lipinski definition) is 2. The zero-order valence-corrected chi connectivity index (χ0v) is 12.0. The number of nitrogens with zero attached hydrogens (tertiary/aromatic N) is 2. The molecule has 0 saturated heterocycles. The molecule has 22 heavy (non-hydrogen) atoms. The predicted molar refractivity (Wildman–Crippen MR) is 82.3 cm³/mol. The van der Waals surface area contributed by atoms with Crippen molar-refractivity contribution in [2.24, 2.45) is 0 Å². The minimum Gasteiger partial charge on any atom is -0.359 e. The van der Waals surface area contributed by atoms with Gasteiger partial charge in [-0.05, 0) is 18.6 Å². The van der Waals surface area contributed by atoms with Crippen LogP contribution >= 0.6 is 0 Å². The zero-order chi connectivity index (χ0) is 15.9. The summed E-state index contributed by atoms with van der Waals surface area (Å²) in [6, 6.07) is 11.9. The van der Waals surface area contributed by atoms with E-state index in [-0.39, 0.29) is 11.6 Å². The van der Waals surface area contributed by atoms with Crippen LogP contribution in [0.15, 0.2) is 48.7 Å². The van der Waals surface area contributed by atoms with Crippen molar-refractivity contribution in [2.75, 3.05) is 5.32 Å². The first-order valence-corrected chi connectivity index (χ1v) is 6.75. The van der Waals surface area contributed by atoms with E-state index in [0.29, 0.717) is 12.4 Å². The highest BCUT2D eigenvalue weighted by atomic mass is 16.6. The van der Waals surface area contributed by atoms with E-state index in [1.165, 1.54) is 12.1 Å². The average molecular weight is 300 g/mol. The number of anilines is 1. The summed E-state index contributed by atoms with van der Waals surface area (Å²) in [5.41, 5.74) is 0.920. The second-order valence-electron chi connectivity index (χ2n) is 4.73. The molecule has 2 rings (SSSR count). The summed E-state index contributed by atoms with van der Waals surface area (Å²) in [5, 5.41) is 16.3. The molecule has 0 aliphatic rings. The van der Waals surface area contributed by atoms with Gasteiger partial charge >= 0.3 is 0 Å². The Labute approximate surface area is 127 Å². The van der Waals surface area contributed by atoms with E-state index in [9.17, 15) is 14.9 Å². The van der Waals surface area contributed by atoms with E-state index in [2.05, 4.69) is 15.6 Å². The Morgan fingerprint density at radius 2 is 2.00 bits per heavy atom. The van der Waals surface area contributed by atoms with Gasteiger partial charge in [0.25, 0.3) is 5.69 Å². The fourth-order valence-corrected chi connectivity index (χ4v) is 1.80. The van der Waals surface area contributed by atoms with Gasteiger partial charge in [0.2, 0.25) is 5.91 Å². The highest BCUT2D eigenvalue weighted by Crippen LogP contribution is 2.12. The Morgan fingerprint density at radius 1 is 1.27 bits per heavy atom. The molecule has 1 aromatic heterocycles. The normalized spacial score (nSPS) is 11.5. The summed E-state index contributed by atoms with van der Waals surface area (Å²) in [4.78, 5) is 25.9. The Kier molecular flexibility index (Phi) is 5.02. The van der Waals surface area contributed by atoms with Crippen molar-refractivity contribution in [3.8, 4) is 0 Å². The van der Waals surface area contributed by atoms with Crippen molar-refractivity contribution >= 4 is 17.4 Å². The number of aromatic nitrogens is 1. The van der Waals surface area contributed by atoms with Crippen LogP contribution in [0.1, 0.15) is 12.5 Å². The van der Waals surface area contributed by atoms with Crippen LogP contribution in [0, 0.1) is 10.1 Å². The molecule has 0 radical (unpaired) electrons. The minimum atomic E-state index is -0.521. The second-order valence-corrected chi connectivity index (χ2v) is 4.73. The maximum Gasteiger partial charge on any atom is 0.287 e. The third-order valence-electron chi connectivity index (χ3n) is 3.03. The molecule has 0 aliphatic heterocycles. The van der Waals surface area contributed by atoms with Crippen LogP contribution in [0.25, 0.3) is 0 Å². The van der Waals surface area contributed by atoms with Crippen LogP contribution in [0.4, 0.5) is 11.5 Å². The van der Waals surface area contributed by atoms with Gasteiger partial charge in [0.1, 0.15) is 18.1 Å². The lowest BCUT2D eigenvalue weighted by molar-refractivity contribution is -0.385. The molecule has 7 heteroatoms. The van der Waals surface area contributed by atoms with Crippen molar-refractivity contribution in [3.05, 3.63) is 64.3 Å². The number of benzene rings is 1. The molecule has 2 aromatic rings. The van der Waals surface area contributed by atoms with Crippen LogP contribution in [-0.2, 0) is 11.3 Å². The molecular formula is C15H16N4O3. The van der Waals surface area contributed by atoms with E-state index in [1.807, 2.05) is 30.3 Å². The molecular weight excluding hydrogens is 284 g/mol. The molecule has 1 atom stereocenters. The number of carbonyl (C=O) groups excluding carboxylic acids is 1. The number of rotatable bonds is 6. The van der Waals surface area contributed by atoms with Crippen LogP contribution in [0.3, 0.4) is 0 Å².